The van der Waals surface area contributed by atoms with Crippen molar-refractivity contribution in [2.24, 2.45) is 0 Å². The minimum absolute atomic E-state index is 0.0522. The van der Waals surface area contributed by atoms with Crippen molar-refractivity contribution in [3.8, 4) is 0 Å². The highest BCUT2D eigenvalue weighted by molar-refractivity contribution is 7.89. The lowest BCUT2D eigenvalue weighted by Gasteiger charge is -2.40. The Morgan fingerprint density at radius 3 is 2.17 bits per heavy atom. The van der Waals surface area contributed by atoms with Crippen LogP contribution in [0.15, 0.2) is 64.7 Å². The van der Waals surface area contributed by atoms with Crippen molar-refractivity contribution < 1.29 is 35.9 Å². The monoisotopic (exact) mass is 614 g/mol. The molecule has 0 aliphatic carbocycles. The molecule has 2 aliphatic heterocycles. The molecule has 222 valence electrons. The molecule has 0 unspecified atom stereocenters. The van der Waals surface area contributed by atoms with E-state index >= 15 is 0 Å². The standard InChI is InChI=1S/C27H30ClF3N4O5S/c1-3-35-22(17-33-13-15-34(16-14-33)41(38,39)21-11-9-20(28)10-12-21)23(25(36)40-4-2)24(32-26(35)37)18-5-7-19(8-6-18)27(29,30)31/h5-12,24H,3-4,13-17H2,1-2H3,(H,32,37)/t24-/m1/s1. The van der Waals surface area contributed by atoms with Gasteiger partial charge in [-0.2, -0.15) is 17.5 Å². The maximum atomic E-state index is 13.2. The van der Waals surface area contributed by atoms with Crippen LogP contribution in [0.2, 0.25) is 5.02 Å². The number of carbonyl (C=O) groups is 2. The number of urea groups is 1. The molecule has 2 aromatic rings. The van der Waals surface area contributed by atoms with Crippen LogP contribution in [0.4, 0.5) is 18.0 Å². The number of rotatable bonds is 8. The maximum absolute atomic E-state index is 13.2. The lowest BCUT2D eigenvalue weighted by Crippen LogP contribution is -2.53. The quantitative estimate of drug-likeness (QED) is 0.446. The van der Waals surface area contributed by atoms with Gasteiger partial charge in [-0.15, -0.1) is 0 Å². The number of likely N-dealkylation sites (N-methyl/N-ethyl adjacent to an activating group) is 1. The van der Waals surface area contributed by atoms with Crippen molar-refractivity contribution in [2.75, 3.05) is 45.9 Å². The summed E-state index contributed by atoms with van der Waals surface area (Å²) in [6.45, 7) is 4.74. The number of hydrogen-bond donors (Lipinski definition) is 1. The highest BCUT2D eigenvalue weighted by Gasteiger charge is 2.39. The zero-order valence-corrected chi connectivity index (χ0v) is 24.0. The van der Waals surface area contributed by atoms with E-state index < -0.39 is 39.8 Å². The minimum atomic E-state index is -4.54. The molecule has 1 N–H and O–H groups in total. The van der Waals surface area contributed by atoms with Gasteiger partial charge in [0.1, 0.15) is 0 Å². The molecule has 2 aromatic carbocycles. The highest BCUT2D eigenvalue weighted by Crippen LogP contribution is 2.35. The Morgan fingerprint density at radius 2 is 1.63 bits per heavy atom. The minimum Gasteiger partial charge on any atom is -0.463 e. The van der Waals surface area contributed by atoms with E-state index in [0.717, 1.165) is 12.1 Å². The number of carbonyl (C=O) groups excluding carboxylic acids is 2. The van der Waals surface area contributed by atoms with Gasteiger partial charge in [0.25, 0.3) is 0 Å². The van der Waals surface area contributed by atoms with Gasteiger partial charge in [0.15, 0.2) is 0 Å². The van der Waals surface area contributed by atoms with E-state index in [1.807, 2.05) is 4.90 Å². The molecule has 2 heterocycles. The average Bonchev–Trinajstić information content (AvgIpc) is 2.93. The summed E-state index contributed by atoms with van der Waals surface area (Å²) >= 11 is 5.89. The molecule has 14 heteroatoms. The maximum Gasteiger partial charge on any atom is 0.416 e. The van der Waals surface area contributed by atoms with Crippen molar-refractivity contribution in [1.29, 1.82) is 0 Å². The Labute approximate surface area is 241 Å². The van der Waals surface area contributed by atoms with Crippen LogP contribution < -0.4 is 5.32 Å². The summed E-state index contributed by atoms with van der Waals surface area (Å²) in [7, 11) is -3.74. The van der Waals surface area contributed by atoms with Gasteiger partial charge < -0.3 is 10.1 Å². The van der Waals surface area contributed by atoms with Crippen LogP contribution in [0.5, 0.6) is 0 Å². The Kier molecular flexibility index (Phi) is 9.32. The van der Waals surface area contributed by atoms with Crippen molar-refractivity contribution >= 4 is 33.6 Å². The third-order valence-electron chi connectivity index (χ3n) is 6.98. The first kappa shape index (κ1) is 30.8. The summed E-state index contributed by atoms with van der Waals surface area (Å²) in [6, 6.07) is 8.62. The fourth-order valence-electron chi connectivity index (χ4n) is 4.87. The number of amides is 2. The van der Waals surface area contributed by atoms with E-state index in [9.17, 15) is 31.2 Å². The molecule has 0 saturated carbocycles. The van der Waals surface area contributed by atoms with Gasteiger partial charge in [0.2, 0.25) is 10.0 Å². The largest absolute Gasteiger partial charge is 0.463 e. The summed E-state index contributed by atoms with van der Waals surface area (Å²) in [6.07, 6.45) is -4.54. The van der Waals surface area contributed by atoms with Crippen LogP contribution in [0.3, 0.4) is 0 Å². The highest BCUT2D eigenvalue weighted by atomic mass is 35.5. The summed E-state index contributed by atoms with van der Waals surface area (Å²) in [5.74, 6) is -0.699. The number of nitrogens with zero attached hydrogens (tertiary/aromatic N) is 3. The van der Waals surface area contributed by atoms with Crippen LogP contribution in [0, 0.1) is 0 Å². The molecule has 0 bridgehead atoms. The summed E-state index contributed by atoms with van der Waals surface area (Å²) in [4.78, 5) is 29.8. The fraction of sp³-hybridized carbons (Fsp3) is 0.407. The SMILES string of the molecule is CCOC(=O)C1=C(CN2CCN(S(=O)(=O)c3ccc(Cl)cc3)CC2)N(CC)C(=O)N[C@@H]1c1ccc(C(F)(F)F)cc1. The van der Waals surface area contributed by atoms with Crippen molar-refractivity contribution in [2.45, 2.75) is 31.0 Å². The molecule has 2 amide bonds. The van der Waals surface area contributed by atoms with Crippen LogP contribution in [0.1, 0.15) is 31.0 Å². The molecule has 0 spiro atoms. The van der Waals surface area contributed by atoms with Gasteiger partial charge in [-0.25, -0.2) is 18.0 Å². The number of nitrogens with one attached hydrogen (secondary N) is 1. The van der Waals surface area contributed by atoms with Gasteiger partial charge in [-0.05, 0) is 55.8 Å². The van der Waals surface area contributed by atoms with Crippen LogP contribution in [-0.2, 0) is 25.7 Å². The van der Waals surface area contributed by atoms with E-state index in [4.69, 9.17) is 16.3 Å². The lowest BCUT2D eigenvalue weighted by atomic mass is 9.93. The molecule has 1 saturated heterocycles. The third-order valence-corrected chi connectivity index (χ3v) is 9.14. The number of piperazine rings is 1. The second-order valence-corrected chi connectivity index (χ2v) is 11.8. The van der Waals surface area contributed by atoms with E-state index in [1.54, 1.807) is 13.8 Å². The molecule has 0 radical (unpaired) electrons. The molecule has 1 atom stereocenters. The smallest absolute Gasteiger partial charge is 0.416 e. The number of ether oxygens (including phenoxy) is 1. The summed E-state index contributed by atoms with van der Waals surface area (Å²) in [5, 5.41) is 3.15. The first-order valence-corrected chi connectivity index (χ1v) is 14.8. The second-order valence-electron chi connectivity index (χ2n) is 9.46. The Hall–Kier alpha value is -3.13. The van der Waals surface area contributed by atoms with E-state index in [0.29, 0.717) is 29.4 Å². The molecular formula is C27H30ClF3N4O5S. The van der Waals surface area contributed by atoms with E-state index in [-0.39, 0.29) is 43.3 Å². The number of benzene rings is 2. The third kappa shape index (κ3) is 6.69. The number of alkyl halides is 3. The summed E-state index contributed by atoms with van der Waals surface area (Å²) in [5.41, 5.74) is -0.0914. The van der Waals surface area contributed by atoms with E-state index in [2.05, 4.69) is 5.32 Å². The normalized spacial score (nSPS) is 19.3. The van der Waals surface area contributed by atoms with E-state index in [1.165, 1.54) is 45.6 Å². The van der Waals surface area contributed by atoms with Crippen molar-refractivity contribution in [3.63, 3.8) is 0 Å². The van der Waals surface area contributed by atoms with Crippen molar-refractivity contribution in [3.05, 3.63) is 76.0 Å². The number of hydrogen-bond acceptors (Lipinski definition) is 6. The van der Waals surface area contributed by atoms with Gasteiger partial charge in [0, 0.05) is 50.0 Å². The predicted octanol–water partition coefficient (Wildman–Crippen LogP) is 4.27. The van der Waals surface area contributed by atoms with Gasteiger partial charge in [-0.1, -0.05) is 23.7 Å². The summed E-state index contributed by atoms with van der Waals surface area (Å²) < 4.78 is 72.3. The Bertz CT molecular complexity index is 1410. The first-order valence-electron chi connectivity index (χ1n) is 13.0. The molecule has 1 fully saturated rings. The van der Waals surface area contributed by atoms with Gasteiger partial charge >= 0.3 is 18.2 Å². The molecule has 9 nitrogen and oxygen atoms in total. The van der Waals surface area contributed by atoms with Crippen LogP contribution in [-0.4, -0.2) is 80.4 Å². The lowest BCUT2D eigenvalue weighted by molar-refractivity contribution is -0.139. The number of sulfonamides is 1. The zero-order chi connectivity index (χ0) is 29.9. The first-order chi connectivity index (χ1) is 19.4. The topological polar surface area (TPSA) is 99.3 Å². The van der Waals surface area contributed by atoms with Gasteiger partial charge in [0.05, 0.1) is 28.7 Å². The van der Waals surface area contributed by atoms with Gasteiger partial charge in [-0.3, -0.25) is 9.80 Å². The predicted molar refractivity (Wildman–Crippen MR) is 145 cm³/mol. The fourth-order valence-corrected chi connectivity index (χ4v) is 6.42. The number of halogens is 4. The van der Waals surface area contributed by atoms with Crippen LogP contribution >= 0.6 is 11.6 Å². The zero-order valence-electron chi connectivity index (χ0n) is 22.4. The Morgan fingerprint density at radius 1 is 1.02 bits per heavy atom. The van der Waals surface area contributed by atoms with Crippen LogP contribution in [0.25, 0.3) is 0 Å². The number of esters is 1. The molecule has 2 aliphatic rings. The van der Waals surface area contributed by atoms with Crippen molar-refractivity contribution in [1.82, 2.24) is 19.4 Å². The molecular weight excluding hydrogens is 585 g/mol. The second kappa shape index (κ2) is 12.4. The molecule has 4 rings (SSSR count). The Balaban J connectivity index is 1.62. The average molecular weight is 615 g/mol. The molecule has 0 aromatic heterocycles. The molecule has 41 heavy (non-hydrogen) atoms.